The van der Waals surface area contributed by atoms with Gasteiger partial charge in [-0.15, -0.1) is 0 Å². The number of carbonyl (C=O) groups is 1. The van der Waals surface area contributed by atoms with Crippen molar-refractivity contribution in [1.82, 2.24) is 30.0 Å². The Balaban J connectivity index is 1.71. The minimum Gasteiger partial charge on any atom is -0.347 e. The normalized spacial score (nSPS) is 15.6. The summed E-state index contributed by atoms with van der Waals surface area (Å²) in [6.07, 6.45) is 6.97. The second kappa shape index (κ2) is 8.11. The lowest BCUT2D eigenvalue weighted by atomic mass is 10.1. The molecule has 1 unspecified atom stereocenters. The molecule has 26 heavy (non-hydrogen) atoms. The molecule has 0 bridgehead atoms. The highest BCUT2D eigenvalue weighted by atomic mass is 16.2. The lowest BCUT2D eigenvalue weighted by molar-refractivity contribution is -0.124. The highest BCUT2D eigenvalue weighted by Gasteiger charge is 2.19. The SMILES string of the molecule is CC(C(=O)NCc1nc(N(C)C)nc(N2CCCCC2)n1)n1cccn1. The van der Waals surface area contributed by atoms with E-state index < -0.39 is 0 Å². The van der Waals surface area contributed by atoms with Crippen LogP contribution < -0.4 is 15.1 Å². The molecule has 3 rings (SSSR count). The zero-order valence-corrected chi connectivity index (χ0v) is 15.6. The maximum absolute atomic E-state index is 12.4. The zero-order valence-electron chi connectivity index (χ0n) is 15.6. The van der Waals surface area contributed by atoms with E-state index in [4.69, 9.17) is 0 Å². The molecule has 2 aromatic rings. The molecule has 2 aromatic heterocycles. The fraction of sp³-hybridized carbons (Fsp3) is 0.588. The van der Waals surface area contributed by atoms with E-state index >= 15 is 0 Å². The van der Waals surface area contributed by atoms with Gasteiger partial charge in [-0.3, -0.25) is 9.48 Å². The Labute approximate surface area is 153 Å². The second-order valence-electron chi connectivity index (χ2n) is 6.67. The topological polar surface area (TPSA) is 92.1 Å². The van der Waals surface area contributed by atoms with Crippen molar-refractivity contribution in [2.24, 2.45) is 0 Å². The molecule has 1 amide bonds. The summed E-state index contributed by atoms with van der Waals surface area (Å²) in [6, 6.07) is 1.41. The van der Waals surface area contributed by atoms with Gasteiger partial charge in [0.05, 0.1) is 6.54 Å². The van der Waals surface area contributed by atoms with Crippen LogP contribution in [0.2, 0.25) is 0 Å². The first-order valence-corrected chi connectivity index (χ1v) is 8.98. The number of piperidine rings is 1. The minimum atomic E-state index is -0.387. The fourth-order valence-corrected chi connectivity index (χ4v) is 2.85. The number of amides is 1. The fourth-order valence-electron chi connectivity index (χ4n) is 2.85. The molecule has 1 aliphatic rings. The number of hydrogen-bond acceptors (Lipinski definition) is 7. The first kappa shape index (κ1) is 18.1. The van der Waals surface area contributed by atoms with Crippen molar-refractivity contribution in [3.63, 3.8) is 0 Å². The molecule has 1 fully saturated rings. The number of nitrogens with zero attached hydrogens (tertiary/aromatic N) is 7. The van der Waals surface area contributed by atoms with Gasteiger partial charge in [0.1, 0.15) is 6.04 Å². The molecule has 0 spiro atoms. The quantitative estimate of drug-likeness (QED) is 0.823. The molecular formula is C17H26N8O. The van der Waals surface area contributed by atoms with Crippen LogP contribution in [0.5, 0.6) is 0 Å². The van der Waals surface area contributed by atoms with Gasteiger partial charge in [-0.1, -0.05) is 0 Å². The average Bonchev–Trinajstić information content (AvgIpc) is 3.20. The van der Waals surface area contributed by atoms with E-state index in [1.165, 1.54) is 6.42 Å². The summed E-state index contributed by atoms with van der Waals surface area (Å²) < 4.78 is 1.62. The van der Waals surface area contributed by atoms with Gasteiger partial charge in [0.2, 0.25) is 17.8 Å². The van der Waals surface area contributed by atoms with Crippen molar-refractivity contribution < 1.29 is 4.79 Å². The van der Waals surface area contributed by atoms with Crippen LogP contribution in [0.4, 0.5) is 11.9 Å². The van der Waals surface area contributed by atoms with Crippen LogP contribution in [0.25, 0.3) is 0 Å². The Morgan fingerprint density at radius 2 is 2.00 bits per heavy atom. The van der Waals surface area contributed by atoms with Crippen molar-refractivity contribution >= 4 is 17.8 Å². The molecule has 0 radical (unpaired) electrons. The van der Waals surface area contributed by atoms with Crippen LogP contribution in [0, 0.1) is 0 Å². The standard InChI is InChI=1S/C17H26N8O/c1-13(25-11-7-8-19-25)15(26)18-12-14-20-16(23(2)3)22-17(21-14)24-9-5-4-6-10-24/h7-8,11,13H,4-6,9-10,12H2,1-3H3,(H,18,26). The van der Waals surface area contributed by atoms with E-state index in [-0.39, 0.29) is 18.5 Å². The van der Waals surface area contributed by atoms with Crippen molar-refractivity contribution in [3.8, 4) is 0 Å². The maximum Gasteiger partial charge on any atom is 0.244 e. The summed E-state index contributed by atoms with van der Waals surface area (Å²) in [4.78, 5) is 30.0. The Morgan fingerprint density at radius 1 is 1.23 bits per heavy atom. The number of nitrogens with one attached hydrogen (secondary N) is 1. The van der Waals surface area contributed by atoms with E-state index in [9.17, 15) is 4.79 Å². The van der Waals surface area contributed by atoms with E-state index in [0.29, 0.717) is 17.7 Å². The average molecular weight is 358 g/mol. The number of hydrogen-bond donors (Lipinski definition) is 1. The smallest absolute Gasteiger partial charge is 0.244 e. The molecule has 9 nitrogen and oxygen atoms in total. The first-order valence-electron chi connectivity index (χ1n) is 8.98. The third-order valence-corrected chi connectivity index (χ3v) is 4.42. The summed E-state index contributed by atoms with van der Waals surface area (Å²) >= 11 is 0. The van der Waals surface area contributed by atoms with Crippen LogP contribution in [0.1, 0.15) is 38.1 Å². The number of carbonyl (C=O) groups excluding carboxylic acids is 1. The van der Waals surface area contributed by atoms with Gasteiger partial charge in [-0.05, 0) is 32.3 Å². The zero-order chi connectivity index (χ0) is 18.5. The van der Waals surface area contributed by atoms with Crippen LogP contribution in [0.15, 0.2) is 18.5 Å². The van der Waals surface area contributed by atoms with Crippen LogP contribution >= 0.6 is 0 Å². The van der Waals surface area contributed by atoms with Crippen molar-refractivity contribution in [2.45, 2.75) is 38.8 Å². The Bertz CT molecular complexity index is 724. The van der Waals surface area contributed by atoms with Gasteiger partial charge in [0.15, 0.2) is 5.82 Å². The largest absolute Gasteiger partial charge is 0.347 e. The molecule has 1 N–H and O–H groups in total. The van der Waals surface area contributed by atoms with Crippen LogP contribution in [-0.4, -0.2) is 57.8 Å². The van der Waals surface area contributed by atoms with Crippen LogP contribution in [0.3, 0.4) is 0 Å². The third-order valence-electron chi connectivity index (χ3n) is 4.42. The molecule has 9 heteroatoms. The van der Waals surface area contributed by atoms with Gasteiger partial charge in [0, 0.05) is 39.6 Å². The number of rotatable bonds is 6. The number of aromatic nitrogens is 5. The third kappa shape index (κ3) is 4.27. The van der Waals surface area contributed by atoms with E-state index in [0.717, 1.165) is 25.9 Å². The van der Waals surface area contributed by atoms with Gasteiger partial charge in [0.25, 0.3) is 0 Å². The Hall–Kier alpha value is -2.71. The molecule has 1 atom stereocenters. The molecule has 140 valence electrons. The van der Waals surface area contributed by atoms with Gasteiger partial charge >= 0.3 is 0 Å². The summed E-state index contributed by atoms with van der Waals surface area (Å²) in [7, 11) is 3.80. The molecular weight excluding hydrogens is 332 g/mol. The first-order chi connectivity index (χ1) is 12.5. The van der Waals surface area contributed by atoms with E-state index in [1.807, 2.05) is 19.0 Å². The Morgan fingerprint density at radius 3 is 2.65 bits per heavy atom. The van der Waals surface area contributed by atoms with Gasteiger partial charge < -0.3 is 15.1 Å². The molecule has 0 aliphatic carbocycles. The molecule has 1 saturated heterocycles. The highest BCUT2D eigenvalue weighted by Crippen LogP contribution is 2.18. The van der Waals surface area contributed by atoms with E-state index in [2.05, 4.69) is 30.3 Å². The number of anilines is 2. The van der Waals surface area contributed by atoms with E-state index in [1.54, 1.807) is 30.1 Å². The van der Waals surface area contributed by atoms with Gasteiger partial charge in [-0.25, -0.2) is 0 Å². The predicted octanol–water partition coefficient (Wildman–Crippen LogP) is 1.00. The summed E-state index contributed by atoms with van der Waals surface area (Å²) in [5, 5.41) is 7.00. The molecule has 3 heterocycles. The van der Waals surface area contributed by atoms with Crippen molar-refractivity contribution in [1.29, 1.82) is 0 Å². The summed E-state index contributed by atoms with van der Waals surface area (Å²) in [6.45, 7) is 3.98. The highest BCUT2D eigenvalue weighted by molar-refractivity contribution is 5.79. The molecule has 1 aliphatic heterocycles. The lowest BCUT2D eigenvalue weighted by Crippen LogP contribution is -2.34. The lowest BCUT2D eigenvalue weighted by Gasteiger charge is -2.27. The maximum atomic E-state index is 12.4. The molecule has 0 aromatic carbocycles. The minimum absolute atomic E-state index is 0.125. The van der Waals surface area contributed by atoms with Crippen LogP contribution in [-0.2, 0) is 11.3 Å². The monoisotopic (exact) mass is 358 g/mol. The van der Waals surface area contributed by atoms with Crippen molar-refractivity contribution in [3.05, 3.63) is 24.3 Å². The second-order valence-corrected chi connectivity index (χ2v) is 6.67. The summed E-state index contributed by atoms with van der Waals surface area (Å²) in [5.41, 5.74) is 0. The summed E-state index contributed by atoms with van der Waals surface area (Å²) in [5.74, 6) is 1.73. The van der Waals surface area contributed by atoms with Gasteiger partial charge in [-0.2, -0.15) is 20.1 Å². The van der Waals surface area contributed by atoms with Crippen molar-refractivity contribution in [2.75, 3.05) is 37.0 Å². The Kier molecular flexibility index (Phi) is 5.65. The predicted molar refractivity (Wildman–Crippen MR) is 99.0 cm³/mol. The molecule has 0 saturated carbocycles.